The number of hydrogen-bond acceptors (Lipinski definition) is 2. The molecular formula is C11H24ClNO. The molecule has 0 rings (SSSR count). The number of hydrogen-bond donors (Lipinski definition) is 0. The summed E-state index contributed by atoms with van der Waals surface area (Å²) in [5.74, 6) is 1.29. The van der Waals surface area contributed by atoms with Crippen LogP contribution < -0.4 is 0 Å². The second kappa shape index (κ2) is 8.51. The van der Waals surface area contributed by atoms with Gasteiger partial charge in [0.25, 0.3) is 0 Å². The highest BCUT2D eigenvalue weighted by atomic mass is 35.5. The fourth-order valence-corrected chi connectivity index (χ4v) is 1.51. The van der Waals surface area contributed by atoms with Gasteiger partial charge in [-0.2, -0.15) is 0 Å². The molecule has 2 nitrogen and oxygen atoms in total. The summed E-state index contributed by atoms with van der Waals surface area (Å²) in [5.41, 5.74) is 0. The van der Waals surface area contributed by atoms with Crippen LogP contribution >= 0.6 is 11.6 Å². The predicted octanol–water partition coefficient (Wildman–Crippen LogP) is 2.61. The Bertz CT molecular complexity index is 132. The molecule has 0 amide bonds. The lowest BCUT2D eigenvalue weighted by Crippen LogP contribution is -2.38. The molecule has 14 heavy (non-hydrogen) atoms. The van der Waals surface area contributed by atoms with Crippen molar-refractivity contribution in [3.05, 3.63) is 0 Å². The van der Waals surface area contributed by atoms with Gasteiger partial charge in [-0.3, -0.25) is 4.90 Å². The Labute approximate surface area is 93.6 Å². The number of rotatable bonds is 8. The van der Waals surface area contributed by atoms with E-state index in [-0.39, 0.29) is 0 Å². The minimum atomic E-state index is 0.558. The summed E-state index contributed by atoms with van der Waals surface area (Å²) in [6, 6.07) is 0.621. The van der Waals surface area contributed by atoms with Gasteiger partial charge in [-0.25, -0.2) is 0 Å². The molecule has 0 spiro atoms. The van der Waals surface area contributed by atoms with Gasteiger partial charge in [0.15, 0.2) is 0 Å². The highest BCUT2D eigenvalue weighted by Crippen LogP contribution is 2.08. The lowest BCUT2D eigenvalue weighted by atomic mass is 10.1. The van der Waals surface area contributed by atoms with Crippen molar-refractivity contribution < 1.29 is 4.74 Å². The lowest BCUT2D eigenvalue weighted by molar-refractivity contribution is 0.114. The number of alkyl halides is 1. The first-order valence-corrected chi connectivity index (χ1v) is 5.98. The summed E-state index contributed by atoms with van der Waals surface area (Å²) in [6.07, 6.45) is 1.18. The third-order valence-electron chi connectivity index (χ3n) is 2.61. The van der Waals surface area contributed by atoms with Gasteiger partial charge in [-0.1, -0.05) is 13.8 Å². The summed E-state index contributed by atoms with van der Waals surface area (Å²) in [5, 5.41) is 0. The van der Waals surface area contributed by atoms with Gasteiger partial charge >= 0.3 is 0 Å². The standard InChI is InChI=1S/C11H24ClNO/c1-5-11(3)13(6-7-14-4)9-10(2)8-12/h10-11H,5-9H2,1-4H3. The number of halogens is 1. The number of nitrogens with zero attached hydrogens (tertiary/aromatic N) is 1. The molecule has 2 unspecified atom stereocenters. The van der Waals surface area contributed by atoms with Gasteiger partial charge in [0.1, 0.15) is 0 Å². The largest absolute Gasteiger partial charge is 0.383 e. The maximum Gasteiger partial charge on any atom is 0.0589 e. The van der Waals surface area contributed by atoms with E-state index in [0.29, 0.717) is 12.0 Å². The zero-order valence-electron chi connectivity index (χ0n) is 9.92. The molecule has 0 N–H and O–H groups in total. The molecular weight excluding hydrogens is 198 g/mol. The molecule has 0 aromatic carbocycles. The molecule has 0 radical (unpaired) electrons. The first kappa shape index (κ1) is 14.2. The van der Waals surface area contributed by atoms with E-state index in [1.807, 2.05) is 0 Å². The van der Waals surface area contributed by atoms with E-state index in [4.69, 9.17) is 16.3 Å². The van der Waals surface area contributed by atoms with Gasteiger partial charge in [0.05, 0.1) is 6.61 Å². The third-order valence-corrected chi connectivity index (χ3v) is 3.13. The fraction of sp³-hybridized carbons (Fsp3) is 1.00. The molecule has 0 saturated heterocycles. The average molecular weight is 222 g/mol. The molecule has 0 heterocycles. The normalized spacial score (nSPS) is 15.9. The van der Waals surface area contributed by atoms with E-state index in [0.717, 1.165) is 25.6 Å². The highest BCUT2D eigenvalue weighted by molar-refractivity contribution is 6.18. The quantitative estimate of drug-likeness (QED) is 0.585. The Kier molecular flexibility index (Phi) is 8.64. The van der Waals surface area contributed by atoms with E-state index in [2.05, 4.69) is 25.7 Å². The summed E-state index contributed by atoms with van der Waals surface area (Å²) < 4.78 is 5.11. The van der Waals surface area contributed by atoms with Crippen LogP contribution in [0.25, 0.3) is 0 Å². The second-order valence-electron chi connectivity index (χ2n) is 4.00. The van der Waals surface area contributed by atoms with Crippen molar-refractivity contribution >= 4 is 11.6 Å². The first-order valence-electron chi connectivity index (χ1n) is 5.44. The zero-order valence-corrected chi connectivity index (χ0v) is 10.7. The monoisotopic (exact) mass is 221 g/mol. The van der Waals surface area contributed by atoms with Crippen LogP contribution in [0.15, 0.2) is 0 Å². The van der Waals surface area contributed by atoms with Gasteiger partial charge in [0, 0.05) is 32.1 Å². The van der Waals surface area contributed by atoms with Crippen molar-refractivity contribution in [2.24, 2.45) is 5.92 Å². The van der Waals surface area contributed by atoms with Crippen molar-refractivity contribution in [2.75, 3.05) is 32.7 Å². The number of ether oxygens (including phenoxy) is 1. The molecule has 0 aliphatic carbocycles. The van der Waals surface area contributed by atoms with E-state index in [9.17, 15) is 0 Å². The van der Waals surface area contributed by atoms with Gasteiger partial charge in [-0.15, -0.1) is 11.6 Å². The van der Waals surface area contributed by atoms with Gasteiger partial charge in [0.2, 0.25) is 0 Å². The van der Waals surface area contributed by atoms with Crippen molar-refractivity contribution in [3.8, 4) is 0 Å². The molecule has 0 aromatic heterocycles. The summed E-state index contributed by atoms with van der Waals surface area (Å²) in [6.45, 7) is 9.55. The maximum atomic E-state index is 5.82. The summed E-state index contributed by atoms with van der Waals surface area (Å²) in [4.78, 5) is 2.45. The van der Waals surface area contributed by atoms with Crippen LogP contribution in [0.1, 0.15) is 27.2 Å². The van der Waals surface area contributed by atoms with Crippen molar-refractivity contribution in [2.45, 2.75) is 33.2 Å². The van der Waals surface area contributed by atoms with Crippen LogP contribution in [0.5, 0.6) is 0 Å². The average Bonchev–Trinajstić information content (AvgIpc) is 2.22. The molecule has 0 aliphatic rings. The Balaban J connectivity index is 3.96. The smallest absolute Gasteiger partial charge is 0.0589 e. The SMILES string of the molecule is CCC(C)N(CCOC)CC(C)CCl. The predicted molar refractivity (Wildman–Crippen MR) is 63.1 cm³/mol. The Morgan fingerprint density at radius 2 is 2.00 bits per heavy atom. The van der Waals surface area contributed by atoms with Crippen LogP contribution in [0.4, 0.5) is 0 Å². The lowest BCUT2D eigenvalue weighted by Gasteiger charge is -2.30. The van der Waals surface area contributed by atoms with Crippen molar-refractivity contribution in [1.29, 1.82) is 0 Å². The highest BCUT2D eigenvalue weighted by Gasteiger charge is 2.14. The maximum absolute atomic E-state index is 5.82. The molecule has 0 aliphatic heterocycles. The molecule has 0 aromatic rings. The summed E-state index contributed by atoms with van der Waals surface area (Å²) >= 11 is 5.82. The molecule has 3 heteroatoms. The minimum absolute atomic E-state index is 0.558. The minimum Gasteiger partial charge on any atom is -0.383 e. The number of methoxy groups -OCH3 is 1. The third kappa shape index (κ3) is 5.84. The van der Waals surface area contributed by atoms with Crippen LogP contribution in [-0.4, -0.2) is 43.6 Å². The summed E-state index contributed by atoms with van der Waals surface area (Å²) in [7, 11) is 1.75. The van der Waals surface area contributed by atoms with E-state index >= 15 is 0 Å². The Morgan fingerprint density at radius 1 is 1.36 bits per heavy atom. The van der Waals surface area contributed by atoms with Gasteiger partial charge in [-0.05, 0) is 19.3 Å². The van der Waals surface area contributed by atoms with Crippen LogP contribution in [0, 0.1) is 5.92 Å². The van der Waals surface area contributed by atoms with Gasteiger partial charge < -0.3 is 4.74 Å². The zero-order chi connectivity index (χ0) is 11.0. The topological polar surface area (TPSA) is 12.5 Å². The van der Waals surface area contributed by atoms with Crippen molar-refractivity contribution in [3.63, 3.8) is 0 Å². The van der Waals surface area contributed by atoms with E-state index in [1.165, 1.54) is 6.42 Å². The second-order valence-corrected chi connectivity index (χ2v) is 4.31. The first-order chi connectivity index (χ1) is 6.65. The van der Waals surface area contributed by atoms with E-state index < -0.39 is 0 Å². The Morgan fingerprint density at radius 3 is 2.43 bits per heavy atom. The molecule has 0 saturated carbocycles. The molecule has 0 bridgehead atoms. The van der Waals surface area contributed by atoms with Crippen molar-refractivity contribution in [1.82, 2.24) is 4.90 Å². The van der Waals surface area contributed by atoms with Crippen LogP contribution in [-0.2, 0) is 4.74 Å². The Hall–Kier alpha value is 0.210. The van der Waals surface area contributed by atoms with Crippen LogP contribution in [0.3, 0.4) is 0 Å². The molecule has 2 atom stereocenters. The fourth-order valence-electron chi connectivity index (χ4n) is 1.41. The van der Waals surface area contributed by atoms with E-state index in [1.54, 1.807) is 7.11 Å². The van der Waals surface area contributed by atoms with Crippen LogP contribution in [0.2, 0.25) is 0 Å². The molecule has 86 valence electrons. The molecule has 0 fully saturated rings.